The van der Waals surface area contributed by atoms with Crippen LogP contribution in [0, 0.1) is 5.92 Å². The Hall–Kier alpha value is -1.60. The molecule has 0 radical (unpaired) electrons. The summed E-state index contributed by atoms with van der Waals surface area (Å²) >= 11 is 1.18. The highest BCUT2D eigenvalue weighted by Gasteiger charge is 2.27. The highest BCUT2D eigenvalue weighted by Crippen LogP contribution is 2.24. The van der Waals surface area contributed by atoms with Crippen LogP contribution in [0.4, 0.5) is 9.80 Å². The first-order valence-corrected chi connectivity index (χ1v) is 6.91. The van der Waals surface area contributed by atoms with Crippen molar-refractivity contribution in [1.82, 2.24) is 4.90 Å². The van der Waals surface area contributed by atoms with E-state index in [1.54, 1.807) is 10.3 Å². The fraction of sp³-hybridized carbons (Fsp3) is 0.500. The number of hydrogen-bond donors (Lipinski definition) is 3. The maximum absolute atomic E-state index is 12.0. The number of nitrogens with zero attached hydrogens (tertiary/aromatic N) is 1. The lowest BCUT2D eigenvalue weighted by Crippen LogP contribution is -2.46. The number of aliphatic hydroxyl groups excluding tert-OH is 1. The standard InChI is InChI=1S/C12H16N2O4S/c1-7-6-14(4-2-9(7)15)12(18)13-10-8(11(16)17)3-5-19-10/h3,5,7,9,15H,2,4,6H2,1H3,(H,13,18)(H,16,17). The van der Waals surface area contributed by atoms with Crippen molar-refractivity contribution in [3.05, 3.63) is 17.0 Å². The van der Waals surface area contributed by atoms with E-state index >= 15 is 0 Å². The molecule has 1 aliphatic heterocycles. The minimum absolute atomic E-state index is 0.0294. The molecule has 0 aromatic carbocycles. The summed E-state index contributed by atoms with van der Waals surface area (Å²) in [4.78, 5) is 24.6. The third-order valence-electron chi connectivity index (χ3n) is 3.26. The summed E-state index contributed by atoms with van der Waals surface area (Å²) in [6.07, 6.45) is 0.172. The second-order valence-electron chi connectivity index (χ2n) is 4.68. The van der Waals surface area contributed by atoms with Crippen molar-refractivity contribution in [2.24, 2.45) is 5.92 Å². The molecule has 0 saturated carbocycles. The van der Waals surface area contributed by atoms with Crippen LogP contribution in [0.15, 0.2) is 11.4 Å². The molecule has 3 N–H and O–H groups in total. The first-order chi connectivity index (χ1) is 8.99. The van der Waals surface area contributed by atoms with Crippen LogP contribution in [0.3, 0.4) is 0 Å². The maximum Gasteiger partial charge on any atom is 0.338 e. The van der Waals surface area contributed by atoms with Crippen LogP contribution in [0.5, 0.6) is 0 Å². The molecule has 0 bridgehead atoms. The number of carboxylic acids is 1. The predicted molar refractivity (Wildman–Crippen MR) is 71.7 cm³/mol. The average Bonchev–Trinajstić information content (AvgIpc) is 2.80. The lowest BCUT2D eigenvalue weighted by Gasteiger charge is -2.34. The number of amides is 2. The normalized spacial score (nSPS) is 23.2. The molecule has 6 nitrogen and oxygen atoms in total. The molecule has 2 atom stereocenters. The van der Waals surface area contributed by atoms with Gasteiger partial charge in [-0.05, 0) is 23.8 Å². The third-order valence-corrected chi connectivity index (χ3v) is 4.09. The topological polar surface area (TPSA) is 89.9 Å². The van der Waals surface area contributed by atoms with Crippen LogP contribution < -0.4 is 5.32 Å². The van der Waals surface area contributed by atoms with Crippen molar-refractivity contribution < 1.29 is 19.8 Å². The summed E-state index contributed by atoms with van der Waals surface area (Å²) in [6, 6.07) is 1.15. The largest absolute Gasteiger partial charge is 0.478 e. The molecule has 7 heteroatoms. The number of likely N-dealkylation sites (tertiary alicyclic amines) is 1. The van der Waals surface area contributed by atoms with E-state index in [0.29, 0.717) is 24.5 Å². The van der Waals surface area contributed by atoms with Crippen LogP contribution in [0.1, 0.15) is 23.7 Å². The number of nitrogens with one attached hydrogen (secondary N) is 1. The molecule has 104 valence electrons. The summed E-state index contributed by atoms with van der Waals surface area (Å²) in [5, 5.41) is 23.2. The molecule has 2 rings (SSSR count). The van der Waals surface area contributed by atoms with Gasteiger partial charge in [0, 0.05) is 13.1 Å². The smallest absolute Gasteiger partial charge is 0.338 e. The first kappa shape index (κ1) is 13.8. The van der Waals surface area contributed by atoms with Gasteiger partial charge in [-0.15, -0.1) is 11.3 Å². The van der Waals surface area contributed by atoms with Crippen molar-refractivity contribution in [3.63, 3.8) is 0 Å². The molecule has 2 amide bonds. The van der Waals surface area contributed by atoms with Gasteiger partial charge in [0.1, 0.15) is 5.00 Å². The quantitative estimate of drug-likeness (QED) is 0.770. The molecule has 1 aliphatic rings. The summed E-state index contributed by atoms with van der Waals surface area (Å²) in [7, 11) is 0. The number of aliphatic hydroxyl groups is 1. The van der Waals surface area contributed by atoms with E-state index in [4.69, 9.17) is 5.11 Å². The lowest BCUT2D eigenvalue weighted by molar-refractivity contribution is 0.0506. The summed E-state index contributed by atoms with van der Waals surface area (Å²) in [6.45, 7) is 2.84. The van der Waals surface area contributed by atoms with E-state index in [2.05, 4.69) is 5.32 Å². The number of carbonyl (C=O) groups excluding carboxylic acids is 1. The molecule has 1 aromatic rings. The Bertz CT molecular complexity index is 488. The Morgan fingerprint density at radius 3 is 2.89 bits per heavy atom. The number of aromatic carboxylic acids is 1. The Balaban J connectivity index is 2.01. The van der Waals surface area contributed by atoms with E-state index in [9.17, 15) is 14.7 Å². The van der Waals surface area contributed by atoms with E-state index in [-0.39, 0.29) is 23.6 Å². The van der Waals surface area contributed by atoms with Gasteiger partial charge >= 0.3 is 12.0 Å². The number of anilines is 1. The second-order valence-corrected chi connectivity index (χ2v) is 5.59. The molecule has 2 heterocycles. The number of rotatable bonds is 2. The van der Waals surface area contributed by atoms with Crippen molar-refractivity contribution in [1.29, 1.82) is 0 Å². The fourth-order valence-electron chi connectivity index (χ4n) is 2.07. The molecule has 1 aromatic heterocycles. The Labute approximate surface area is 114 Å². The summed E-state index contributed by atoms with van der Waals surface area (Å²) in [5.41, 5.74) is 0.100. The summed E-state index contributed by atoms with van der Waals surface area (Å²) < 4.78 is 0. The van der Waals surface area contributed by atoms with Crippen LogP contribution in [-0.4, -0.2) is 46.3 Å². The van der Waals surface area contributed by atoms with Crippen molar-refractivity contribution in [2.45, 2.75) is 19.4 Å². The van der Waals surface area contributed by atoms with Gasteiger partial charge in [0.05, 0.1) is 11.7 Å². The van der Waals surface area contributed by atoms with Gasteiger partial charge in [0.15, 0.2) is 0 Å². The second kappa shape index (κ2) is 5.58. The van der Waals surface area contributed by atoms with Crippen molar-refractivity contribution in [3.8, 4) is 0 Å². The molecular formula is C12H16N2O4S. The van der Waals surface area contributed by atoms with Gasteiger partial charge in [-0.2, -0.15) is 0 Å². The zero-order chi connectivity index (χ0) is 14.0. The molecule has 19 heavy (non-hydrogen) atoms. The number of carbonyl (C=O) groups is 2. The van der Waals surface area contributed by atoms with Crippen LogP contribution in [0.25, 0.3) is 0 Å². The van der Waals surface area contributed by atoms with E-state index in [1.165, 1.54) is 17.4 Å². The SMILES string of the molecule is CC1CN(C(=O)Nc2sccc2C(=O)O)CCC1O. The van der Waals surface area contributed by atoms with Gasteiger partial charge in [-0.25, -0.2) is 9.59 Å². The van der Waals surface area contributed by atoms with Gasteiger partial charge < -0.3 is 15.1 Å². The zero-order valence-corrected chi connectivity index (χ0v) is 11.3. The predicted octanol–water partition coefficient (Wildman–Crippen LogP) is 1.68. The Morgan fingerprint density at radius 2 is 2.26 bits per heavy atom. The number of hydrogen-bond acceptors (Lipinski definition) is 4. The molecule has 0 spiro atoms. The van der Waals surface area contributed by atoms with Crippen LogP contribution >= 0.6 is 11.3 Å². The molecule has 1 fully saturated rings. The van der Waals surface area contributed by atoms with E-state index in [1.807, 2.05) is 6.92 Å². The number of piperidine rings is 1. The zero-order valence-electron chi connectivity index (χ0n) is 10.5. The third kappa shape index (κ3) is 3.05. The molecule has 0 aliphatic carbocycles. The summed E-state index contributed by atoms with van der Waals surface area (Å²) in [5.74, 6) is -1.03. The monoisotopic (exact) mass is 284 g/mol. The Kier molecular flexibility index (Phi) is 4.06. The van der Waals surface area contributed by atoms with E-state index < -0.39 is 5.97 Å². The highest BCUT2D eigenvalue weighted by molar-refractivity contribution is 7.14. The average molecular weight is 284 g/mol. The lowest BCUT2D eigenvalue weighted by atomic mass is 9.97. The van der Waals surface area contributed by atoms with Crippen molar-refractivity contribution in [2.75, 3.05) is 18.4 Å². The van der Waals surface area contributed by atoms with Crippen LogP contribution in [0.2, 0.25) is 0 Å². The van der Waals surface area contributed by atoms with Gasteiger partial charge in [-0.3, -0.25) is 5.32 Å². The Morgan fingerprint density at radius 1 is 1.53 bits per heavy atom. The van der Waals surface area contributed by atoms with Gasteiger partial charge in [0.25, 0.3) is 0 Å². The fourth-order valence-corrected chi connectivity index (χ4v) is 2.84. The first-order valence-electron chi connectivity index (χ1n) is 6.04. The van der Waals surface area contributed by atoms with Gasteiger partial charge in [-0.1, -0.05) is 6.92 Å². The molecule has 2 unspecified atom stereocenters. The van der Waals surface area contributed by atoms with Crippen LogP contribution in [-0.2, 0) is 0 Å². The maximum atomic E-state index is 12.0. The van der Waals surface area contributed by atoms with E-state index in [0.717, 1.165) is 0 Å². The van der Waals surface area contributed by atoms with Crippen molar-refractivity contribution >= 4 is 28.3 Å². The highest BCUT2D eigenvalue weighted by atomic mass is 32.1. The number of thiophene rings is 1. The van der Waals surface area contributed by atoms with Gasteiger partial charge in [0.2, 0.25) is 0 Å². The molecular weight excluding hydrogens is 268 g/mol. The minimum Gasteiger partial charge on any atom is -0.478 e. The number of carboxylic acid groups (broad SMARTS) is 1. The number of urea groups is 1. The molecule has 1 saturated heterocycles. The minimum atomic E-state index is -1.06.